The van der Waals surface area contributed by atoms with Crippen LogP contribution in [0.1, 0.15) is 27.6 Å². The number of hydrogen-bond acceptors (Lipinski definition) is 5. The second-order valence-corrected chi connectivity index (χ2v) is 5.81. The lowest BCUT2D eigenvalue weighted by Crippen LogP contribution is -2.14. The average molecular weight is 361 g/mol. The highest BCUT2D eigenvalue weighted by molar-refractivity contribution is 6.08. The number of rotatable bonds is 6. The number of para-hydroxylation sites is 2. The highest BCUT2D eigenvalue weighted by atomic mass is 16.5. The number of carbonyl (C=O) groups excluding carboxylic acids is 2. The van der Waals surface area contributed by atoms with E-state index in [1.807, 2.05) is 24.3 Å². The Hall–Kier alpha value is -3.67. The number of aromatic nitrogens is 1. The molecule has 0 aliphatic rings. The van der Waals surface area contributed by atoms with E-state index in [-0.39, 0.29) is 11.7 Å². The van der Waals surface area contributed by atoms with Crippen molar-refractivity contribution >= 4 is 28.9 Å². The van der Waals surface area contributed by atoms with Gasteiger partial charge in [0.2, 0.25) is 0 Å². The van der Waals surface area contributed by atoms with Crippen molar-refractivity contribution in [3.63, 3.8) is 0 Å². The Morgan fingerprint density at radius 3 is 2.41 bits per heavy atom. The van der Waals surface area contributed by atoms with Gasteiger partial charge in [0.25, 0.3) is 5.91 Å². The summed E-state index contributed by atoms with van der Waals surface area (Å²) in [5.74, 6) is 0.730. The fourth-order valence-electron chi connectivity index (χ4n) is 2.55. The molecule has 6 nitrogen and oxygen atoms in total. The Kier molecular flexibility index (Phi) is 5.47. The van der Waals surface area contributed by atoms with Crippen LogP contribution in [0.3, 0.4) is 0 Å². The molecule has 2 N–H and O–H groups in total. The third kappa shape index (κ3) is 4.30. The Morgan fingerprint density at radius 1 is 0.963 bits per heavy atom. The van der Waals surface area contributed by atoms with E-state index in [0.717, 1.165) is 0 Å². The Morgan fingerprint density at radius 2 is 1.70 bits per heavy atom. The molecule has 6 heteroatoms. The minimum absolute atomic E-state index is 0.0246. The topological polar surface area (TPSA) is 80.3 Å². The smallest absolute Gasteiger partial charge is 0.259 e. The number of pyridine rings is 1. The van der Waals surface area contributed by atoms with E-state index in [9.17, 15) is 9.59 Å². The predicted octanol–water partition coefficient (Wildman–Crippen LogP) is 4.29. The third-order valence-electron chi connectivity index (χ3n) is 3.96. The number of benzene rings is 2. The second kappa shape index (κ2) is 8.14. The maximum Gasteiger partial charge on any atom is 0.259 e. The number of amides is 1. The first-order valence-electron chi connectivity index (χ1n) is 8.36. The number of Topliss-reactive ketones (excluding diaryl/α,β-unsaturated/α-hetero) is 1. The number of anilines is 3. The van der Waals surface area contributed by atoms with Crippen LogP contribution in [0.4, 0.5) is 17.2 Å². The molecule has 1 heterocycles. The molecule has 0 fully saturated rings. The first kappa shape index (κ1) is 18.1. The summed E-state index contributed by atoms with van der Waals surface area (Å²) in [5.41, 5.74) is 2.28. The molecule has 3 aromatic rings. The van der Waals surface area contributed by atoms with Crippen LogP contribution < -0.4 is 15.4 Å². The van der Waals surface area contributed by atoms with E-state index in [2.05, 4.69) is 15.6 Å². The number of carbonyl (C=O) groups is 2. The molecule has 0 saturated carbocycles. The molecule has 27 heavy (non-hydrogen) atoms. The molecule has 0 aliphatic carbocycles. The van der Waals surface area contributed by atoms with Crippen molar-refractivity contribution in [3.8, 4) is 5.75 Å². The number of methoxy groups -OCH3 is 1. The van der Waals surface area contributed by atoms with Crippen LogP contribution in [0, 0.1) is 0 Å². The van der Waals surface area contributed by atoms with Crippen molar-refractivity contribution < 1.29 is 14.3 Å². The molecular formula is C21H19N3O3. The van der Waals surface area contributed by atoms with Gasteiger partial charge in [-0.25, -0.2) is 4.98 Å². The molecule has 0 radical (unpaired) electrons. The van der Waals surface area contributed by atoms with Crippen LogP contribution in [0.25, 0.3) is 0 Å². The lowest BCUT2D eigenvalue weighted by atomic mass is 10.1. The van der Waals surface area contributed by atoms with Crippen molar-refractivity contribution in [1.82, 2.24) is 4.98 Å². The predicted molar refractivity (Wildman–Crippen MR) is 105 cm³/mol. The summed E-state index contributed by atoms with van der Waals surface area (Å²) in [4.78, 5) is 28.3. The Balaban J connectivity index is 1.82. The summed E-state index contributed by atoms with van der Waals surface area (Å²) in [6.45, 7) is 1.50. The van der Waals surface area contributed by atoms with Crippen LogP contribution in [-0.4, -0.2) is 23.8 Å². The summed E-state index contributed by atoms with van der Waals surface area (Å²) in [7, 11) is 1.58. The average Bonchev–Trinajstić information content (AvgIpc) is 2.69. The highest BCUT2D eigenvalue weighted by Gasteiger charge is 2.14. The van der Waals surface area contributed by atoms with Gasteiger partial charge in [0.15, 0.2) is 5.78 Å². The summed E-state index contributed by atoms with van der Waals surface area (Å²) >= 11 is 0. The van der Waals surface area contributed by atoms with Crippen molar-refractivity contribution in [3.05, 3.63) is 78.0 Å². The normalized spacial score (nSPS) is 10.1. The van der Waals surface area contributed by atoms with E-state index in [1.165, 1.54) is 6.92 Å². The van der Waals surface area contributed by atoms with E-state index >= 15 is 0 Å². The van der Waals surface area contributed by atoms with Crippen LogP contribution >= 0.6 is 0 Å². The standard InChI is InChI=1S/C21H19N3O3/c1-14(25)15-9-11-16(12-10-15)23-21(26)17-6-5-13-22-20(17)24-18-7-3-4-8-19(18)27-2/h3-13H,1-2H3,(H,22,24)(H,23,26). The zero-order valence-corrected chi connectivity index (χ0v) is 15.0. The number of ketones is 1. The lowest BCUT2D eigenvalue weighted by molar-refractivity contribution is 0.101. The van der Waals surface area contributed by atoms with Gasteiger partial charge in [0, 0.05) is 17.4 Å². The van der Waals surface area contributed by atoms with Crippen LogP contribution in [0.5, 0.6) is 5.75 Å². The largest absolute Gasteiger partial charge is 0.495 e. The van der Waals surface area contributed by atoms with Crippen molar-refractivity contribution in [2.45, 2.75) is 6.92 Å². The fraction of sp³-hybridized carbons (Fsp3) is 0.0952. The van der Waals surface area contributed by atoms with E-state index in [1.54, 1.807) is 49.7 Å². The van der Waals surface area contributed by atoms with Gasteiger partial charge in [-0.05, 0) is 55.5 Å². The molecule has 136 valence electrons. The first-order valence-corrected chi connectivity index (χ1v) is 8.36. The third-order valence-corrected chi connectivity index (χ3v) is 3.96. The van der Waals surface area contributed by atoms with Crippen LogP contribution in [0.2, 0.25) is 0 Å². The fourth-order valence-corrected chi connectivity index (χ4v) is 2.55. The number of nitrogens with one attached hydrogen (secondary N) is 2. The molecular weight excluding hydrogens is 342 g/mol. The van der Waals surface area contributed by atoms with Gasteiger partial charge in [0.1, 0.15) is 11.6 Å². The van der Waals surface area contributed by atoms with Crippen LogP contribution in [0.15, 0.2) is 66.9 Å². The molecule has 1 aromatic heterocycles. The molecule has 0 bridgehead atoms. The minimum atomic E-state index is -0.309. The molecule has 0 unspecified atom stereocenters. The molecule has 3 rings (SSSR count). The molecule has 2 aromatic carbocycles. The van der Waals surface area contributed by atoms with E-state index < -0.39 is 0 Å². The highest BCUT2D eigenvalue weighted by Crippen LogP contribution is 2.27. The van der Waals surface area contributed by atoms with E-state index in [0.29, 0.717) is 34.1 Å². The van der Waals surface area contributed by atoms with Crippen molar-refractivity contribution in [2.24, 2.45) is 0 Å². The number of ether oxygens (including phenoxy) is 1. The van der Waals surface area contributed by atoms with Gasteiger partial charge in [-0.2, -0.15) is 0 Å². The van der Waals surface area contributed by atoms with Gasteiger partial charge >= 0.3 is 0 Å². The maximum atomic E-state index is 12.7. The summed E-state index contributed by atoms with van der Waals surface area (Å²) < 4.78 is 5.33. The minimum Gasteiger partial charge on any atom is -0.495 e. The summed E-state index contributed by atoms with van der Waals surface area (Å²) in [5, 5.41) is 5.96. The van der Waals surface area contributed by atoms with E-state index in [4.69, 9.17) is 4.74 Å². The van der Waals surface area contributed by atoms with Crippen molar-refractivity contribution in [1.29, 1.82) is 0 Å². The molecule has 0 saturated heterocycles. The summed E-state index contributed by atoms with van der Waals surface area (Å²) in [6.07, 6.45) is 1.61. The zero-order valence-electron chi connectivity index (χ0n) is 15.0. The number of hydrogen-bond donors (Lipinski definition) is 2. The molecule has 0 spiro atoms. The van der Waals surface area contributed by atoms with Gasteiger partial charge in [-0.1, -0.05) is 12.1 Å². The zero-order chi connectivity index (χ0) is 19.2. The van der Waals surface area contributed by atoms with Crippen molar-refractivity contribution in [2.75, 3.05) is 17.7 Å². The molecule has 0 atom stereocenters. The SMILES string of the molecule is COc1ccccc1Nc1ncccc1C(=O)Nc1ccc(C(C)=O)cc1. The summed E-state index contributed by atoms with van der Waals surface area (Å²) in [6, 6.07) is 17.5. The van der Waals surface area contributed by atoms with Gasteiger partial charge in [-0.15, -0.1) is 0 Å². The lowest BCUT2D eigenvalue weighted by Gasteiger charge is -2.13. The monoisotopic (exact) mass is 361 g/mol. The quantitative estimate of drug-likeness (QED) is 0.640. The van der Waals surface area contributed by atoms with Crippen LogP contribution in [-0.2, 0) is 0 Å². The van der Waals surface area contributed by atoms with Gasteiger partial charge < -0.3 is 15.4 Å². The maximum absolute atomic E-state index is 12.7. The second-order valence-electron chi connectivity index (χ2n) is 5.81. The Bertz CT molecular complexity index is 968. The number of nitrogens with zero attached hydrogens (tertiary/aromatic N) is 1. The Labute approximate surface area is 157 Å². The van der Waals surface area contributed by atoms with Gasteiger partial charge in [-0.3, -0.25) is 9.59 Å². The molecule has 0 aliphatic heterocycles. The first-order chi connectivity index (χ1) is 13.1. The van der Waals surface area contributed by atoms with Gasteiger partial charge in [0.05, 0.1) is 18.4 Å². The molecule has 1 amide bonds.